The van der Waals surface area contributed by atoms with E-state index in [1.807, 2.05) is 30.3 Å². The van der Waals surface area contributed by atoms with Gasteiger partial charge in [0.2, 0.25) is 0 Å². The lowest BCUT2D eigenvalue weighted by atomic mass is 10.2. The van der Waals surface area contributed by atoms with Crippen LogP contribution in [0.15, 0.2) is 71.2 Å². The summed E-state index contributed by atoms with van der Waals surface area (Å²) in [4.78, 5) is 0. The fourth-order valence-corrected chi connectivity index (χ4v) is 3.04. The summed E-state index contributed by atoms with van der Waals surface area (Å²) in [5.41, 5.74) is 3.99. The Morgan fingerprint density at radius 3 is 2.60 bits per heavy atom. The number of hydrogen-bond donors (Lipinski definition) is 1. The molecule has 128 valence electrons. The predicted octanol–water partition coefficient (Wildman–Crippen LogP) is 6.09. The molecule has 0 saturated carbocycles. The Bertz CT molecular complexity index is 866. The van der Waals surface area contributed by atoms with Crippen LogP contribution in [0.3, 0.4) is 0 Å². The van der Waals surface area contributed by atoms with Crippen LogP contribution in [-0.4, -0.2) is 0 Å². The first-order valence-electron chi connectivity index (χ1n) is 8.07. The molecule has 2 nitrogen and oxygen atoms in total. The van der Waals surface area contributed by atoms with E-state index in [-0.39, 0.29) is 12.4 Å². The number of ether oxygens (including phenoxy) is 1. The molecular weight excluding hydrogens is 381 g/mol. The number of halogens is 2. The van der Waals surface area contributed by atoms with E-state index < -0.39 is 0 Å². The molecule has 0 heterocycles. The van der Waals surface area contributed by atoms with Gasteiger partial charge in [-0.3, -0.25) is 0 Å². The van der Waals surface area contributed by atoms with E-state index in [2.05, 4.69) is 40.3 Å². The number of aryl methyl sites for hydroxylation is 1. The van der Waals surface area contributed by atoms with Crippen LogP contribution in [-0.2, 0) is 13.2 Å². The van der Waals surface area contributed by atoms with E-state index in [9.17, 15) is 4.39 Å². The zero-order valence-corrected chi connectivity index (χ0v) is 15.5. The monoisotopic (exact) mass is 399 g/mol. The van der Waals surface area contributed by atoms with Gasteiger partial charge >= 0.3 is 0 Å². The van der Waals surface area contributed by atoms with Crippen molar-refractivity contribution in [1.82, 2.24) is 0 Å². The number of hydrogen-bond acceptors (Lipinski definition) is 2. The lowest BCUT2D eigenvalue weighted by Crippen LogP contribution is -2.01. The van der Waals surface area contributed by atoms with Crippen LogP contribution in [0.4, 0.5) is 10.1 Å². The molecule has 0 bridgehead atoms. The highest BCUT2D eigenvalue weighted by Crippen LogP contribution is 2.27. The van der Waals surface area contributed by atoms with E-state index in [0.717, 1.165) is 22.3 Å². The van der Waals surface area contributed by atoms with Gasteiger partial charge < -0.3 is 10.1 Å². The topological polar surface area (TPSA) is 21.3 Å². The fourth-order valence-electron chi connectivity index (χ4n) is 2.50. The third-order valence-corrected chi connectivity index (χ3v) is 4.47. The highest BCUT2D eigenvalue weighted by Gasteiger charge is 2.06. The summed E-state index contributed by atoms with van der Waals surface area (Å²) in [5.74, 6) is 0.445. The molecule has 0 amide bonds. The Morgan fingerprint density at radius 1 is 1.00 bits per heavy atom. The molecule has 4 heteroatoms. The Labute approximate surface area is 155 Å². The normalized spacial score (nSPS) is 10.5. The Kier molecular flexibility index (Phi) is 5.71. The average molecular weight is 400 g/mol. The molecule has 0 aliphatic heterocycles. The first-order chi connectivity index (χ1) is 12.1. The Morgan fingerprint density at radius 2 is 1.84 bits per heavy atom. The fraction of sp³-hybridized carbons (Fsp3) is 0.143. The van der Waals surface area contributed by atoms with Crippen molar-refractivity contribution in [2.45, 2.75) is 20.1 Å². The quantitative estimate of drug-likeness (QED) is 0.541. The molecule has 1 N–H and O–H groups in total. The summed E-state index contributed by atoms with van der Waals surface area (Å²) in [6.07, 6.45) is 0. The van der Waals surface area contributed by atoms with Crippen molar-refractivity contribution < 1.29 is 9.13 Å². The second-order valence-corrected chi connectivity index (χ2v) is 6.72. The summed E-state index contributed by atoms with van der Waals surface area (Å²) in [7, 11) is 0. The van der Waals surface area contributed by atoms with Gasteiger partial charge in [-0.2, -0.15) is 0 Å². The second kappa shape index (κ2) is 8.17. The molecule has 0 saturated heterocycles. The molecule has 0 unspecified atom stereocenters. The van der Waals surface area contributed by atoms with Gasteiger partial charge in [-0.1, -0.05) is 36.4 Å². The number of benzene rings is 3. The maximum atomic E-state index is 13.6. The third kappa shape index (κ3) is 4.83. The predicted molar refractivity (Wildman–Crippen MR) is 103 cm³/mol. The van der Waals surface area contributed by atoms with Crippen molar-refractivity contribution in [2.24, 2.45) is 0 Å². The van der Waals surface area contributed by atoms with E-state index in [1.165, 1.54) is 11.6 Å². The van der Waals surface area contributed by atoms with Crippen LogP contribution in [0.1, 0.15) is 16.7 Å². The average Bonchev–Trinajstić information content (AvgIpc) is 2.60. The number of anilines is 1. The zero-order valence-electron chi connectivity index (χ0n) is 13.9. The van der Waals surface area contributed by atoms with Gasteiger partial charge in [-0.15, -0.1) is 0 Å². The summed E-state index contributed by atoms with van der Waals surface area (Å²) in [5, 5.41) is 3.40. The molecule has 0 spiro atoms. The summed E-state index contributed by atoms with van der Waals surface area (Å²) in [6.45, 7) is 2.99. The molecule has 0 radical (unpaired) electrons. The van der Waals surface area contributed by atoms with Crippen LogP contribution in [0.2, 0.25) is 0 Å². The smallest absolute Gasteiger partial charge is 0.134 e. The van der Waals surface area contributed by atoms with E-state index in [0.29, 0.717) is 11.3 Å². The summed E-state index contributed by atoms with van der Waals surface area (Å²) >= 11 is 3.53. The van der Waals surface area contributed by atoms with Gasteiger partial charge in [0.05, 0.1) is 4.47 Å². The highest BCUT2D eigenvalue weighted by molar-refractivity contribution is 9.10. The van der Waals surface area contributed by atoms with E-state index in [1.54, 1.807) is 18.2 Å². The van der Waals surface area contributed by atoms with E-state index >= 15 is 0 Å². The van der Waals surface area contributed by atoms with Gasteiger partial charge in [-0.05, 0) is 64.3 Å². The Balaban J connectivity index is 1.61. The van der Waals surface area contributed by atoms with Crippen molar-refractivity contribution in [2.75, 3.05) is 5.32 Å². The van der Waals surface area contributed by atoms with Crippen LogP contribution in [0.5, 0.6) is 5.75 Å². The largest absolute Gasteiger partial charge is 0.488 e. The van der Waals surface area contributed by atoms with Gasteiger partial charge in [0.15, 0.2) is 0 Å². The van der Waals surface area contributed by atoms with Gasteiger partial charge in [0.1, 0.15) is 18.2 Å². The minimum atomic E-state index is -0.252. The molecule has 3 aromatic rings. The molecular formula is C21H19BrFNO. The molecule has 25 heavy (non-hydrogen) atoms. The Hall–Kier alpha value is -2.33. The maximum absolute atomic E-state index is 13.6. The lowest BCUT2D eigenvalue weighted by molar-refractivity contribution is 0.298. The minimum absolute atomic E-state index is 0.201. The molecule has 0 fully saturated rings. The summed E-state index contributed by atoms with van der Waals surface area (Å²) < 4.78 is 20.2. The molecule has 0 aliphatic carbocycles. The first-order valence-corrected chi connectivity index (χ1v) is 8.86. The van der Waals surface area contributed by atoms with Crippen molar-refractivity contribution >= 4 is 21.6 Å². The molecule has 0 aliphatic rings. The zero-order chi connectivity index (χ0) is 17.6. The summed E-state index contributed by atoms with van der Waals surface area (Å²) in [6, 6.07) is 20.8. The standard InChI is InChI=1S/C21H19BrFNO/c1-15-5-4-7-18(11-15)24-13-16-9-10-21(19(22)12-16)25-14-17-6-2-3-8-20(17)23/h2-12,24H,13-14H2,1H3. The van der Waals surface area contributed by atoms with Crippen molar-refractivity contribution in [1.29, 1.82) is 0 Å². The van der Waals surface area contributed by atoms with Crippen molar-refractivity contribution in [3.63, 3.8) is 0 Å². The number of rotatable bonds is 6. The van der Waals surface area contributed by atoms with E-state index in [4.69, 9.17) is 4.74 Å². The lowest BCUT2D eigenvalue weighted by Gasteiger charge is -2.12. The van der Waals surface area contributed by atoms with Crippen LogP contribution in [0.25, 0.3) is 0 Å². The molecule has 0 atom stereocenters. The number of nitrogens with one attached hydrogen (secondary N) is 1. The van der Waals surface area contributed by atoms with Crippen molar-refractivity contribution in [3.05, 3.63) is 93.7 Å². The van der Waals surface area contributed by atoms with Gasteiger partial charge in [0.25, 0.3) is 0 Å². The molecule has 3 aromatic carbocycles. The maximum Gasteiger partial charge on any atom is 0.134 e. The first kappa shape index (κ1) is 17.5. The molecule has 0 aromatic heterocycles. The minimum Gasteiger partial charge on any atom is -0.488 e. The van der Waals surface area contributed by atoms with Crippen LogP contribution >= 0.6 is 15.9 Å². The van der Waals surface area contributed by atoms with Crippen molar-refractivity contribution in [3.8, 4) is 5.75 Å². The highest BCUT2D eigenvalue weighted by atomic mass is 79.9. The van der Waals surface area contributed by atoms with Crippen LogP contribution < -0.4 is 10.1 Å². The SMILES string of the molecule is Cc1cccc(NCc2ccc(OCc3ccccc3F)c(Br)c2)c1. The third-order valence-electron chi connectivity index (χ3n) is 3.85. The second-order valence-electron chi connectivity index (χ2n) is 5.87. The van der Waals surface area contributed by atoms with Gasteiger partial charge in [0, 0.05) is 17.8 Å². The van der Waals surface area contributed by atoms with Gasteiger partial charge in [-0.25, -0.2) is 4.39 Å². The van der Waals surface area contributed by atoms with Crippen LogP contribution in [0, 0.1) is 12.7 Å². The molecule has 3 rings (SSSR count).